The zero-order chi connectivity index (χ0) is 23.7. The Bertz CT molecular complexity index is 349. The Morgan fingerprint density at radius 3 is 1.16 bits per heavy atom. The fourth-order valence-electron chi connectivity index (χ4n) is 4.45. The van der Waals surface area contributed by atoms with Crippen molar-refractivity contribution in [2.24, 2.45) is 11.8 Å². The molecular formula is C29H58O3. The first kappa shape index (κ1) is 31.3. The lowest BCUT2D eigenvalue weighted by Gasteiger charge is -2.19. The average Bonchev–Trinajstić information content (AvgIpc) is 2.80. The van der Waals surface area contributed by atoms with E-state index in [1.165, 1.54) is 116 Å². The van der Waals surface area contributed by atoms with Gasteiger partial charge in [-0.15, -0.1) is 0 Å². The highest BCUT2D eigenvalue weighted by Gasteiger charge is 2.15. The molecule has 3 heteroatoms. The molecule has 0 saturated carbocycles. The minimum atomic E-state index is -0.445. The van der Waals surface area contributed by atoms with Crippen LogP contribution in [0.1, 0.15) is 156 Å². The summed E-state index contributed by atoms with van der Waals surface area (Å²) in [5, 5.41) is 0. The van der Waals surface area contributed by atoms with Crippen molar-refractivity contribution in [3.63, 3.8) is 0 Å². The van der Waals surface area contributed by atoms with E-state index in [0.29, 0.717) is 25.0 Å². The topological polar surface area (TPSA) is 35.5 Å². The molecule has 3 nitrogen and oxygen atoms in total. The highest BCUT2D eigenvalue weighted by molar-refractivity contribution is 5.59. The normalized spacial score (nSPS) is 13.1. The lowest BCUT2D eigenvalue weighted by Crippen LogP contribution is -2.19. The molecule has 192 valence electrons. The molecule has 0 amide bonds. The van der Waals surface area contributed by atoms with Gasteiger partial charge in [0.25, 0.3) is 0 Å². The maximum atomic E-state index is 12.3. The third-order valence-corrected chi connectivity index (χ3v) is 6.74. The first-order valence-corrected chi connectivity index (χ1v) is 14.5. The molecule has 0 aliphatic carbocycles. The smallest absolute Gasteiger partial charge is 0.434 e. The van der Waals surface area contributed by atoms with Crippen LogP contribution in [0.4, 0.5) is 4.79 Å². The highest BCUT2D eigenvalue weighted by Crippen LogP contribution is 2.20. The van der Waals surface area contributed by atoms with Crippen molar-refractivity contribution in [1.29, 1.82) is 0 Å². The third-order valence-electron chi connectivity index (χ3n) is 6.74. The van der Waals surface area contributed by atoms with Gasteiger partial charge in [0.1, 0.15) is 0 Å². The van der Waals surface area contributed by atoms with Gasteiger partial charge in [0, 0.05) is 0 Å². The second-order valence-electron chi connectivity index (χ2n) is 10.0. The molecule has 0 aliphatic heterocycles. The molecule has 0 fully saturated rings. The van der Waals surface area contributed by atoms with Crippen LogP contribution < -0.4 is 0 Å². The van der Waals surface area contributed by atoms with E-state index in [2.05, 4.69) is 27.7 Å². The minimum absolute atomic E-state index is 0.445. The molecule has 0 aromatic carbocycles. The Labute approximate surface area is 201 Å². The summed E-state index contributed by atoms with van der Waals surface area (Å²) < 4.78 is 11.1. The summed E-state index contributed by atoms with van der Waals surface area (Å²) in [6.07, 6.45) is 24.9. The van der Waals surface area contributed by atoms with Crippen LogP contribution in [0.2, 0.25) is 0 Å². The summed E-state index contributed by atoms with van der Waals surface area (Å²) in [6, 6.07) is 0. The molecule has 0 rings (SSSR count). The second-order valence-corrected chi connectivity index (χ2v) is 10.0. The summed E-state index contributed by atoms with van der Waals surface area (Å²) >= 11 is 0. The average molecular weight is 455 g/mol. The van der Waals surface area contributed by atoms with E-state index >= 15 is 0 Å². The predicted octanol–water partition coefficient (Wildman–Crippen LogP) is 10.3. The zero-order valence-electron chi connectivity index (χ0n) is 22.4. The van der Waals surface area contributed by atoms with Crippen molar-refractivity contribution in [3.8, 4) is 0 Å². The fourth-order valence-corrected chi connectivity index (χ4v) is 4.45. The molecule has 2 atom stereocenters. The summed E-state index contributed by atoms with van der Waals surface area (Å²) in [4.78, 5) is 12.3. The number of hydrogen-bond donors (Lipinski definition) is 0. The van der Waals surface area contributed by atoms with Gasteiger partial charge in [-0.05, 0) is 37.5 Å². The van der Waals surface area contributed by atoms with Gasteiger partial charge in [0.2, 0.25) is 0 Å². The molecule has 0 radical (unpaired) electrons. The van der Waals surface area contributed by atoms with E-state index in [-0.39, 0.29) is 0 Å². The van der Waals surface area contributed by atoms with Crippen LogP contribution in [0.3, 0.4) is 0 Å². The van der Waals surface area contributed by atoms with E-state index < -0.39 is 6.16 Å². The molecule has 0 N–H and O–H groups in total. The summed E-state index contributed by atoms with van der Waals surface area (Å²) in [5.74, 6) is 0.986. The Morgan fingerprint density at radius 1 is 0.469 bits per heavy atom. The molecule has 0 aromatic heterocycles. The van der Waals surface area contributed by atoms with Crippen molar-refractivity contribution in [3.05, 3.63) is 0 Å². The lowest BCUT2D eigenvalue weighted by molar-refractivity contribution is 0.0301. The minimum Gasteiger partial charge on any atom is -0.434 e. The molecule has 0 aromatic rings. The van der Waals surface area contributed by atoms with E-state index in [0.717, 1.165) is 12.8 Å². The molecular weight excluding hydrogens is 396 g/mol. The standard InChI is InChI=1S/C29H58O3/c1-5-9-13-15-17-19-23-27(21-11-7-3)25-31-29(30)32-26-28(22-12-8-4)24-20-18-16-14-10-6-2/h27-28H,5-26H2,1-4H3. The number of carbonyl (C=O) groups is 1. The summed E-state index contributed by atoms with van der Waals surface area (Å²) in [7, 11) is 0. The van der Waals surface area contributed by atoms with Gasteiger partial charge < -0.3 is 9.47 Å². The molecule has 0 saturated heterocycles. The number of hydrogen-bond acceptors (Lipinski definition) is 3. The highest BCUT2D eigenvalue weighted by atomic mass is 16.7. The van der Waals surface area contributed by atoms with E-state index in [4.69, 9.17) is 9.47 Å². The van der Waals surface area contributed by atoms with Crippen LogP contribution in [0, 0.1) is 11.8 Å². The molecule has 32 heavy (non-hydrogen) atoms. The first-order valence-electron chi connectivity index (χ1n) is 14.5. The summed E-state index contributed by atoms with van der Waals surface area (Å²) in [6.45, 7) is 10.1. The molecule has 0 bridgehead atoms. The van der Waals surface area contributed by atoms with Gasteiger partial charge in [-0.1, -0.05) is 130 Å². The van der Waals surface area contributed by atoms with Crippen molar-refractivity contribution < 1.29 is 14.3 Å². The first-order chi connectivity index (χ1) is 15.7. The number of ether oxygens (including phenoxy) is 2. The van der Waals surface area contributed by atoms with E-state index in [1.807, 2.05) is 0 Å². The zero-order valence-corrected chi connectivity index (χ0v) is 22.4. The largest absolute Gasteiger partial charge is 0.508 e. The summed E-state index contributed by atoms with van der Waals surface area (Å²) in [5.41, 5.74) is 0. The number of rotatable bonds is 24. The van der Waals surface area contributed by atoms with Crippen molar-refractivity contribution >= 4 is 6.16 Å². The molecule has 0 spiro atoms. The van der Waals surface area contributed by atoms with Crippen LogP contribution in [-0.2, 0) is 9.47 Å². The van der Waals surface area contributed by atoms with Crippen molar-refractivity contribution in [1.82, 2.24) is 0 Å². The van der Waals surface area contributed by atoms with Gasteiger partial charge in [-0.25, -0.2) is 4.79 Å². The predicted molar refractivity (Wildman–Crippen MR) is 139 cm³/mol. The van der Waals surface area contributed by atoms with Gasteiger partial charge in [0.05, 0.1) is 13.2 Å². The van der Waals surface area contributed by atoms with Crippen LogP contribution in [0.25, 0.3) is 0 Å². The van der Waals surface area contributed by atoms with Crippen LogP contribution in [0.5, 0.6) is 0 Å². The Morgan fingerprint density at radius 2 is 0.781 bits per heavy atom. The van der Waals surface area contributed by atoms with E-state index in [9.17, 15) is 4.79 Å². The van der Waals surface area contributed by atoms with Gasteiger partial charge in [-0.3, -0.25) is 0 Å². The Balaban J connectivity index is 4.16. The van der Waals surface area contributed by atoms with Gasteiger partial charge in [-0.2, -0.15) is 0 Å². The lowest BCUT2D eigenvalue weighted by atomic mass is 9.95. The van der Waals surface area contributed by atoms with Crippen LogP contribution in [0.15, 0.2) is 0 Å². The third kappa shape index (κ3) is 21.1. The number of carbonyl (C=O) groups excluding carboxylic acids is 1. The number of unbranched alkanes of at least 4 members (excludes halogenated alkanes) is 12. The van der Waals surface area contributed by atoms with Crippen molar-refractivity contribution in [2.45, 2.75) is 156 Å². The fraction of sp³-hybridized carbons (Fsp3) is 0.966. The van der Waals surface area contributed by atoms with E-state index in [1.54, 1.807) is 0 Å². The molecule has 0 heterocycles. The quantitative estimate of drug-likeness (QED) is 0.107. The van der Waals surface area contributed by atoms with Gasteiger partial charge in [0.15, 0.2) is 0 Å². The molecule has 0 aliphatic rings. The van der Waals surface area contributed by atoms with Crippen LogP contribution in [-0.4, -0.2) is 19.4 Å². The SMILES string of the molecule is CCCCCCCCC(CCCC)COC(=O)OCC(CCCC)CCCCCCCC. The maximum absolute atomic E-state index is 12.3. The van der Waals surface area contributed by atoms with Gasteiger partial charge >= 0.3 is 6.16 Å². The second kappa shape index (κ2) is 24.9. The van der Waals surface area contributed by atoms with Crippen LogP contribution >= 0.6 is 0 Å². The maximum Gasteiger partial charge on any atom is 0.508 e. The Hall–Kier alpha value is -0.730. The van der Waals surface area contributed by atoms with Crippen molar-refractivity contribution in [2.75, 3.05) is 13.2 Å². The Kier molecular flexibility index (Phi) is 24.3. The monoisotopic (exact) mass is 454 g/mol. The molecule has 2 unspecified atom stereocenters.